The second kappa shape index (κ2) is 10.5. The standard InChI is InChI=1S/C27H31NO4/c29-27(30)21(12-8-7-11-19-9-3-1-4-10-19)17-24(28-31)20-15-16-23-22-13-5-2-6-14-25(22)32-26(23)18-20/h1,3-4,9-10,15-16,18,21,31H,2,5-8,11-14,17H2,(H,29,30)/t21-/m0/s1. The van der Waals surface area contributed by atoms with Crippen molar-refractivity contribution < 1.29 is 19.5 Å². The number of aryl methyl sites for hydroxylation is 3. The summed E-state index contributed by atoms with van der Waals surface area (Å²) in [7, 11) is 0. The molecule has 0 fully saturated rings. The van der Waals surface area contributed by atoms with Crippen molar-refractivity contribution in [3.8, 4) is 0 Å². The first-order valence-corrected chi connectivity index (χ1v) is 11.7. The molecule has 2 N–H and O–H groups in total. The first kappa shape index (κ1) is 22.1. The molecule has 3 aromatic rings. The number of rotatable bonds is 9. The van der Waals surface area contributed by atoms with Gasteiger partial charge >= 0.3 is 5.97 Å². The fourth-order valence-electron chi connectivity index (χ4n) is 4.75. The first-order valence-electron chi connectivity index (χ1n) is 11.7. The van der Waals surface area contributed by atoms with E-state index in [9.17, 15) is 15.1 Å². The van der Waals surface area contributed by atoms with Gasteiger partial charge in [-0.25, -0.2) is 0 Å². The monoisotopic (exact) mass is 433 g/mol. The number of furan rings is 1. The van der Waals surface area contributed by atoms with Gasteiger partial charge in [0.25, 0.3) is 0 Å². The van der Waals surface area contributed by atoms with Crippen LogP contribution in [0.15, 0.2) is 58.1 Å². The van der Waals surface area contributed by atoms with Gasteiger partial charge < -0.3 is 14.7 Å². The molecule has 0 spiro atoms. The van der Waals surface area contributed by atoms with Crippen LogP contribution < -0.4 is 0 Å². The van der Waals surface area contributed by atoms with E-state index in [0.29, 0.717) is 12.1 Å². The van der Waals surface area contributed by atoms with E-state index in [1.54, 1.807) is 0 Å². The van der Waals surface area contributed by atoms with Crippen LogP contribution in [0.1, 0.15) is 67.4 Å². The van der Waals surface area contributed by atoms with Gasteiger partial charge in [0, 0.05) is 29.4 Å². The number of oxime groups is 1. The molecule has 168 valence electrons. The maximum absolute atomic E-state index is 11.9. The quantitative estimate of drug-likeness (QED) is 0.135. The molecule has 0 bridgehead atoms. The van der Waals surface area contributed by atoms with Crippen molar-refractivity contribution in [3.05, 3.63) is 71.0 Å². The molecule has 32 heavy (non-hydrogen) atoms. The van der Waals surface area contributed by atoms with Crippen LogP contribution in [0.25, 0.3) is 11.0 Å². The highest BCUT2D eigenvalue weighted by Crippen LogP contribution is 2.32. The topological polar surface area (TPSA) is 83.0 Å². The van der Waals surface area contributed by atoms with Crippen LogP contribution in [0.4, 0.5) is 0 Å². The summed E-state index contributed by atoms with van der Waals surface area (Å²) in [6.07, 6.45) is 8.99. The van der Waals surface area contributed by atoms with Crippen LogP contribution in [0.3, 0.4) is 0 Å². The molecule has 5 heteroatoms. The molecule has 1 aromatic heterocycles. The van der Waals surface area contributed by atoms with E-state index in [-0.39, 0.29) is 6.42 Å². The van der Waals surface area contributed by atoms with Crippen LogP contribution >= 0.6 is 0 Å². The number of carboxylic acids is 1. The molecule has 4 rings (SSSR count). The Morgan fingerprint density at radius 3 is 2.62 bits per heavy atom. The molecule has 0 saturated heterocycles. The molecule has 1 aliphatic carbocycles. The maximum atomic E-state index is 11.9. The molecule has 0 unspecified atom stereocenters. The van der Waals surface area contributed by atoms with Gasteiger partial charge in [-0.2, -0.15) is 0 Å². The Morgan fingerprint density at radius 2 is 1.84 bits per heavy atom. The molecular weight excluding hydrogens is 402 g/mol. The molecule has 0 aliphatic heterocycles. The fraction of sp³-hybridized carbons (Fsp3) is 0.407. The van der Waals surface area contributed by atoms with Crippen molar-refractivity contribution in [2.75, 3.05) is 0 Å². The van der Waals surface area contributed by atoms with Gasteiger partial charge in [-0.15, -0.1) is 0 Å². The van der Waals surface area contributed by atoms with E-state index < -0.39 is 11.9 Å². The number of unbranched alkanes of at least 4 members (excludes halogenated alkanes) is 1. The minimum Gasteiger partial charge on any atom is -0.481 e. The van der Waals surface area contributed by atoms with Gasteiger partial charge in [-0.1, -0.05) is 60.5 Å². The third kappa shape index (κ3) is 5.21. The van der Waals surface area contributed by atoms with Crippen LogP contribution in [-0.2, 0) is 24.1 Å². The normalized spacial score (nSPS) is 15.3. The summed E-state index contributed by atoms with van der Waals surface area (Å²) in [6.45, 7) is 0. The fourth-order valence-corrected chi connectivity index (χ4v) is 4.75. The number of benzene rings is 2. The largest absolute Gasteiger partial charge is 0.481 e. The Hall–Kier alpha value is -3.08. The number of fused-ring (bicyclic) bond motifs is 3. The van der Waals surface area contributed by atoms with Crippen molar-refractivity contribution in [3.63, 3.8) is 0 Å². The SMILES string of the molecule is O=C(O)[C@@H](CCCCc1ccccc1)CC(=NO)c1ccc2c3c(oc2c1)CCCCC3. The summed E-state index contributed by atoms with van der Waals surface area (Å²) in [4.78, 5) is 11.9. The summed E-state index contributed by atoms with van der Waals surface area (Å²) >= 11 is 0. The van der Waals surface area contributed by atoms with Crippen molar-refractivity contribution in [2.45, 2.75) is 64.2 Å². The van der Waals surface area contributed by atoms with E-state index >= 15 is 0 Å². The van der Waals surface area contributed by atoms with E-state index in [1.807, 2.05) is 36.4 Å². The number of hydrogen-bond acceptors (Lipinski definition) is 4. The lowest BCUT2D eigenvalue weighted by atomic mass is 9.92. The predicted molar refractivity (Wildman–Crippen MR) is 126 cm³/mol. The third-order valence-corrected chi connectivity index (χ3v) is 6.56. The summed E-state index contributed by atoms with van der Waals surface area (Å²) in [5, 5.41) is 24.0. The highest BCUT2D eigenvalue weighted by atomic mass is 16.4. The molecule has 5 nitrogen and oxygen atoms in total. The zero-order valence-electron chi connectivity index (χ0n) is 18.4. The van der Waals surface area contributed by atoms with E-state index in [1.165, 1.54) is 24.0 Å². The van der Waals surface area contributed by atoms with Gasteiger partial charge in [0.15, 0.2) is 0 Å². The van der Waals surface area contributed by atoms with Gasteiger partial charge in [0.1, 0.15) is 11.3 Å². The zero-order chi connectivity index (χ0) is 22.3. The Balaban J connectivity index is 1.42. The zero-order valence-corrected chi connectivity index (χ0v) is 18.4. The van der Waals surface area contributed by atoms with Crippen LogP contribution in [0, 0.1) is 5.92 Å². The number of carbonyl (C=O) groups is 1. The molecule has 2 aromatic carbocycles. The lowest BCUT2D eigenvalue weighted by Crippen LogP contribution is -2.19. The molecule has 0 amide bonds. The smallest absolute Gasteiger partial charge is 0.306 e. The van der Waals surface area contributed by atoms with Gasteiger partial charge in [-0.3, -0.25) is 4.79 Å². The second-order valence-electron chi connectivity index (χ2n) is 8.79. The molecule has 1 atom stereocenters. The molecule has 1 aliphatic rings. The highest BCUT2D eigenvalue weighted by Gasteiger charge is 2.22. The summed E-state index contributed by atoms with van der Waals surface area (Å²) in [6, 6.07) is 16.1. The highest BCUT2D eigenvalue weighted by molar-refractivity contribution is 6.04. The van der Waals surface area contributed by atoms with E-state index in [0.717, 1.165) is 60.8 Å². The lowest BCUT2D eigenvalue weighted by molar-refractivity contribution is -0.141. The number of nitrogens with zero attached hydrogens (tertiary/aromatic N) is 1. The molecule has 0 radical (unpaired) electrons. The second-order valence-corrected chi connectivity index (χ2v) is 8.79. The van der Waals surface area contributed by atoms with Crippen molar-refractivity contribution in [2.24, 2.45) is 11.1 Å². The van der Waals surface area contributed by atoms with Crippen LogP contribution in [0.5, 0.6) is 0 Å². The average molecular weight is 434 g/mol. The summed E-state index contributed by atoms with van der Waals surface area (Å²) in [5.74, 6) is -0.365. The lowest BCUT2D eigenvalue weighted by Gasteiger charge is -2.13. The Kier molecular flexibility index (Phi) is 7.25. The predicted octanol–water partition coefficient (Wildman–Crippen LogP) is 6.38. The molecule has 0 saturated carbocycles. The molecular formula is C27H31NO4. The van der Waals surface area contributed by atoms with Gasteiger partial charge in [0.05, 0.1) is 11.6 Å². The summed E-state index contributed by atoms with van der Waals surface area (Å²) in [5.41, 5.74) is 4.48. The van der Waals surface area contributed by atoms with Gasteiger partial charge in [-0.05, 0) is 50.2 Å². The minimum absolute atomic E-state index is 0.198. The number of aliphatic carboxylic acids is 1. The van der Waals surface area contributed by atoms with E-state index in [4.69, 9.17) is 4.42 Å². The number of hydrogen-bond donors (Lipinski definition) is 2. The van der Waals surface area contributed by atoms with Crippen LogP contribution in [-0.4, -0.2) is 22.0 Å². The Bertz CT molecular complexity index is 1080. The van der Waals surface area contributed by atoms with E-state index in [2.05, 4.69) is 17.3 Å². The van der Waals surface area contributed by atoms with Crippen molar-refractivity contribution in [1.29, 1.82) is 0 Å². The summed E-state index contributed by atoms with van der Waals surface area (Å²) < 4.78 is 6.13. The Morgan fingerprint density at radius 1 is 1.03 bits per heavy atom. The number of carboxylic acid groups (broad SMARTS) is 1. The Labute approximate surface area is 188 Å². The van der Waals surface area contributed by atoms with Crippen molar-refractivity contribution in [1.82, 2.24) is 0 Å². The minimum atomic E-state index is -0.850. The van der Waals surface area contributed by atoms with Crippen LogP contribution in [0.2, 0.25) is 0 Å². The van der Waals surface area contributed by atoms with Crippen molar-refractivity contribution >= 4 is 22.7 Å². The maximum Gasteiger partial charge on any atom is 0.306 e. The average Bonchev–Trinajstić information content (AvgIpc) is 2.98. The third-order valence-electron chi connectivity index (χ3n) is 6.56. The first-order chi connectivity index (χ1) is 15.7. The molecule has 1 heterocycles. The van der Waals surface area contributed by atoms with Gasteiger partial charge in [0.2, 0.25) is 0 Å².